The van der Waals surface area contributed by atoms with Gasteiger partial charge in [0.2, 0.25) is 0 Å². The van der Waals surface area contributed by atoms with Gasteiger partial charge in [-0.05, 0) is 41.4 Å². The number of anilines is 1. The van der Waals surface area contributed by atoms with E-state index in [4.69, 9.17) is 0 Å². The topological polar surface area (TPSA) is 62.2 Å². The van der Waals surface area contributed by atoms with Crippen molar-refractivity contribution in [2.75, 3.05) is 5.32 Å². The Kier molecular flexibility index (Phi) is 3.82. The molecule has 1 aromatic heterocycles. The van der Waals surface area contributed by atoms with Crippen molar-refractivity contribution in [2.45, 2.75) is 25.9 Å². The van der Waals surface area contributed by atoms with Crippen LogP contribution in [-0.2, 0) is 4.79 Å². The van der Waals surface area contributed by atoms with E-state index in [1.165, 1.54) is 6.92 Å². The van der Waals surface area contributed by atoms with Crippen LogP contribution in [0.2, 0.25) is 0 Å². The molecule has 4 nitrogen and oxygen atoms in total. The van der Waals surface area contributed by atoms with E-state index in [9.17, 15) is 9.90 Å². The summed E-state index contributed by atoms with van der Waals surface area (Å²) < 4.78 is 0.636. The largest absolute Gasteiger partial charge is 0.380 e. The fraction of sp³-hybridized carbons (Fsp3) is 0.400. The summed E-state index contributed by atoms with van der Waals surface area (Å²) in [6.07, 6.45) is 1.94. The van der Waals surface area contributed by atoms with Crippen molar-refractivity contribution >= 4 is 27.5 Å². The van der Waals surface area contributed by atoms with Crippen molar-refractivity contribution in [1.82, 2.24) is 4.98 Å². The first-order valence-corrected chi connectivity index (χ1v) is 5.40. The number of aliphatic hydroxyl groups is 1. The Balaban J connectivity index is 2.75. The van der Waals surface area contributed by atoms with Crippen LogP contribution in [0.4, 0.5) is 5.69 Å². The molecule has 2 N–H and O–H groups in total. The molecule has 15 heavy (non-hydrogen) atoms. The van der Waals surface area contributed by atoms with Crippen molar-refractivity contribution in [2.24, 2.45) is 0 Å². The van der Waals surface area contributed by atoms with Crippen molar-refractivity contribution in [3.8, 4) is 0 Å². The summed E-state index contributed by atoms with van der Waals surface area (Å²) in [5, 5.41) is 12.3. The number of nitrogens with one attached hydrogen (secondary N) is 1. The van der Waals surface area contributed by atoms with Gasteiger partial charge in [0.1, 0.15) is 10.2 Å². The SMILES string of the molecule is CC[C@@](C)(O)C(=O)Nc1ccnc(Br)c1. The van der Waals surface area contributed by atoms with Crippen LogP contribution in [0.15, 0.2) is 22.9 Å². The van der Waals surface area contributed by atoms with Crippen LogP contribution >= 0.6 is 15.9 Å². The molecule has 1 amide bonds. The zero-order valence-corrected chi connectivity index (χ0v) is 10.2. The highest BCUT2D eigenvalue weighted by molar-refractivity contribution is 9.10. The zero-order valence-electron chi connectivity index (χ0n) is 8.62. The van der Waals surface area contributed by atoms with Gasteiger partial charge in [0.05, 0.1) is 0 Å². The summed E-state index contributed by atoms with van der Waals surface area (Å²) in [6.45, 7) is 3.24. The summed E-state index contributed by atoms with van der Waals surface area (Å²) in [5.41, 5.74) is -0.731. The van der Waals surface area contributed by atoms with Crippen molar-refractivity contribution in [3.63, 3.8) is 0 Å². The van der Waals surface area contributed by atoms with Gasteiger partial charge in [-0.1, -0.05) is 6.92 Å². The first-order chi connectivity index (χ1) is 6.95. The van der Waals surface area contributed by atoms with Gasteiger partial charge in [-0.25, -0.2) is 4.98 Å². The lowest BCUT2D eigenvalue weighted by atomic mass is 10.0. The highest BCUT2D eigenvalue weighted by Crippen LogP contribution is 2.16. The van der Waals surface area contributed by atoms with Gasteiger partial charge in [0, 0.05) is 11.9 Å². The van der Waals surface area contributed by atoms with Crippen LogP contribution in [-0.4, -0.2) is 21.6 Å². The minimum absolute atomic E-state index is 0.366. The van der Waals surface area contributed by atoms with E-state index in [0.29, 0.717) is 16.7 Å². The van der Waals surface area contributed by atoms with Crippen LogP contribution in [0, 0.1) is 0 Å². The first-order valence-electron chi connectivity index (χ1n) is 4.61. The molecule has 1 aromatic rings. The Morgan fingerprint density at radius 3 is 2.93 bits per heavy atom. The molecular formula is C10H13BrN2O2. The van der Waals surface area contributed by atoms with E-state index in [0.717, 1.165) is 0 Å². The predicted molar refractivity (Wildman–Crippen MR) is 61.5 cm³/mol. The Morgan fingerprint density at radius 2 is 2.40 bits per heavy atom. The number of hydrogen-bond donors (Lipinski definition) is 2. The van der Waals surface area contributed by atoms with E-state index < -0.39 is 11.5 Å². The number of aromatic nitrogens is 1. The molecule has 0 spiro atoms. The summed E-state index contributed by atoms with van der Waals surface area (Å²) in [4.78, 5) is 15.5. The van der Waals surface area contributed by atoms with Crippen LogP contribution in [0.5, 0.6) is 0 Å². The van der Waals surface area contributed by atoms with Crippen LogP contribution < -0.4 is 5.32 Å². The molecule has 0 aliphatic rings. The molecule has 0 bridgehead atoms. The van der Waals surface area contributed by atoms with Crippen molar-refractivity contribution in [1.29, 1.82) is 0 Å². The fourth-order valence-corrected chi connectivity index (χ4v) is 1.27. The highest BCUT2D eigenvalue weighted by atomic mass is 79.9. The van der Waals surface area contributed by atoms with E-state index in [-0.39, 0.29) is 0 Å². The maximum atomic E-state index is 11.6. The lowest BCUT2D eigenvalue weighted by Gasteiger charge is -2.20. The minimum Gasteiger partial charge on any atom is -0.380 e. The number of pyridine rings is 1. The maximum Gasteiger partial charge on any atom is 0.256 e. The molecule has 0 unspecified atom stereocenters. The Labute approximate surface area is 96.8 Å². The monoisotopic (exact) mass is 272 g/mol. The summed E-state index contributed by atoms with van der Waals surface area (Å²) in [5.74, 6) is -0.414. The molecule has 1 heterocycles. The molecule has 0 saturated heterocycles. The standard InChI is InChI=1S/C10H13BrN2O2/c1-3-10(2,15)9(14)13-7-4-5-12-8(11)6-7/h4-6,15H,3H2,1-2H3,(H,12,13,14)/t10-/m1/s1. The third-order valence-electron chi connectivity index (χ3n) is 2.16. The molecule has 0 saturated carbocycles. The van der Waals surface area contributed by atoms with Crippen LogP contribution in [0.3, 0.4) is 0 Å². The molecule has 0 aliphatic heterocycles. The molecule has 5 heteroatoms. The average molecular weight is 273 g/mol. The van der Waals surface area contributed by atoms with E-state index in [1.807, 2.05) is 0 Å². The lowest BCUT2D eigenvalue weighted by Crippen LogP contribution is -2.39. The molecule has 0 radical (unpaired) electrons. The van der Waals surface area contributed by atoms with Gasteiger partial charge in [-0.2, -0.15) is 0 Å². The molecule has 0 aromatic carbocycles. The van der Waals surface area contributed by atoms with Crippen LogP contribution in [0.25, 0.3) is 0 Å². The number of halogens is 1. The Hall–Kier alpha value is -0.940. The zero-order chi connectivity index (χ0) is 11.5. The normalized spacial score (nSPS) is 14.4. The number of nitrogens with zero attached hydrogens (tertiary/aromatic N) is 1. The molecule has 1 rings (SSSR count). The summed E-state index contributed by atoms with van der Waals surface area (Å²) >= 11 is 3.19. The fourth-order valence-electron chi connectivity index (χ4n) is 0.907. The average Bonchev–Trinajstić information content (AvgIpc) is 2.17. The molecule has 0 aliphatic carbocycles. The van der Waals surface area contributed by atoms with E-state index in [1.54, 1.807) is 25.3 Å². The van der Waals surface area contributed by atoms with Gasteiger partial charge in [0.25, 0.3) is 5.91 Å². The quantitative estimate of drug-likeness (QED) is 0.827. The van der Waals surface area contributed by atoms with Gasteiger partial charge in [-0.3, -0.25) is 4.79 Å². The van der Waals surface area contributed by atoms with Crippen molar-refractivity contribution in [3.05, 3.63) is 22.9 Å². The molecular weight excluding hydrogens is 260 g/mol. The van der Waals surface area contributed by atoms with Gasteiger partial charge >= 0.3 is 0 Å². The van der Waals surface area contributed by atoms with Crippen LogP contribution in [0.1, 0.15) is 20.3 Å². The van der Waals surface area contributed by atoms with E-state index >= 15 is 0 Å². The first kappa shape index (κ1) is 12.1. The lowest BCUT2D eigenvalue weighted by molar-refractivity contribution is -0.132. The third kappa shape index (κ3) is 3.28. The number of carbonyl (C=O) groups excluding carboxylic acids is 1. The smallest absolute Gasteiger partial charge is 0.256 e. The second-order valence-corrected chi connectivity index (χ2v) is 4.26. The number of amides is 1. The maximum absolute atomic E-state index is 11.6. The third-order valence-corrected chi connectivity index (χ3v) is 2.60. The predicted octanol–water partition coefficient (Wildman–Crippen LogP) is 1.94. The second kappa shape index (κ2) is 4.72. The molecule has 0 fully saturated rings. The van der Waals surface area contributed by atoms with Gasteiger partial charge in [-0.15, -0.1) is 0 Å². The Bertz CT molecular complexity index is 366. The highest BCUT2D eigenvalue weighted by Gasteiger charge is 2.27. The summed E-state index contributed by atoms with van der Waals surface area (Å²) in [6, 6.07) is 3.33. The minimum atomic E-state index is -1.34. The second-order valence-electron chi connectivity index (χ2n) is 3.45. The number of carbonyl (C=O) groups is 1. The van der Waals surface area contributed by atoms with E-state index in [2.05, 4.69) is 26.2 Å². The number of rotatable bonds is 3. The van der Waals surface area contributed by atoms with Gasteiger partial charge < -0.3 is 10.4 Å². The molecule has 1 atom stereocenters. The van der Waals surface area contributed by atoms with Crippen molar-refractivity contribution < 1.29 is 9.90 Å². The summed E-state index contributed by atoms with van der Waals surface area (Å²) in [7, 11) is 0. The number of hydrogen-bond acceptors (Lipinski definition) is 3. The molecule has 82 valence electrons. The van der Waals surface area contributed by atoms with Gasteiger partial charge in [0.15, 0.2) is 0 Å². The Morgan fingerprint density at radius 1 is 1.73 bits per heavy atom.